The van der Waals surface area contributed by atoms with Gasteiger partial charge >= 0.3 is 0 Å². The number of hydrogen-bond acceptors (Lipinski definition) is 5. The third-order valence-electron chi connectivity index (χ3n) is 5.85. The molecule has 2 aliphatic heterocycles. The minimum atomic E-state index is -0.106. The van der Waals surface area contributed by atoms with E-state index in [-0.39, 0.29) is 23.1 Å². The van der Waals surface area contributed by atoms with Gasteiger partial charge in [0, 0.05) is 18.7 Å². The molecule has 1 aromatic carbocycles. The minimum Gasteiger partial charge on any atom is -0.493 e. The number of Topliss-reactive ketones (excluding diaryl/α,β-unsaturated/α-hetero) is 1. The van der Waals surface area contributed by atoms with Crippen LogP contribution in [0.4, 0.5) is 0 Å². The molecule has 1 amide bonds. The van der Waals surface area contributed by atoms with Crippen molar-refractivity contribution >= 4 is 11.7 Å². The van der Waals surface area contributed by atoms with E-state index in [4.69, 9.17) is 9.47 Å². The Bertz CT molecular complexity index is 856. The van der Waals surface area contributed by atoms with Crippen LogP contribution in [0.3, 0.4) is 0 Å². The SMILES string of the molecule is COc1cc2c(cc1OC)[C@H]1CC(=O)NC3=C(CC(C)(C)CC3=O)N1CC2. The average Bonchev–Trinajstić information content (AvgIpc) is 2.76. The Morgan fingerprint density at radius 2 is 1.81 bits per heavy atom. The highest BCUT2D eigenvalue weighted by Crippen LogP contribution is 2.46. The number of amides is 1. The highest BCUT2D eigenvalue weighted by molar-refractivity contribution is 6.01. The molecule has 1 N–H and O–H groups in total. The van der Waals surface area contributed by atoms with Gasteiger partial charge in [0.15, 0.2) is 17.3 Å². The van der Waals surface area contributed by atoms with Gasteiger partial charge in [-0.2, -0.15) is 0 Å². The van der Waals surface area contributed by atoms with E-state index in [0.717, 1.165) is 30.6 Å². The van der Waals surface area contributed by atoms with Gasteiger partial charge in [0.05, 0.1) is 26.7 Å². The first-order chi connectivity index (χ1) is 12.8. The van der Waals surface area contributed by atoms with Crippen LogP contribution in [0.25, 0.3) is 0 Å². The van der Waals surface area contributed by atoms with Gasteiger partial charge in [0.1, 0.15) is 5.70 Å². The topological polar surface area (TPSA) is 67.9 Å². The van der Waals surface area contributed by atoms with Gasteiger partial charge in [-0.25, -0.2) is 0 Å². The van der Waals surface area contributed by atoms with Crippen molar-refractivity contribution in [3.63, 3.8) is 0 Å². The van der Waals surface area contributed by atoms with Gasteiger partial charge in [-0.3, -0.25) is 9.59 Å². The summed E-state index contributed by atoms with van der Waals surface area (Å²) in [5.41, 5.74) is 3.64. The Hall–Kier alpha value is -2.50. The fraction of sp³-hybridized carbons (Fsp3) is 0.524. The molecule has 0 spiro atoms. The molecule has 1 aliphatic carbocycles. The lowest BCUT2D eigenvalue weighted by Gasteiger charge is -2.43. The molecular formula is C21H26N2O4. The van der Waals surface area contributed by atoms with E-state index in [1.54, 1.807) is 14.2 Å². The monoisotopic (exact) mass is 370 g/mol. The van der Waals surface area contributed by atoms with E-state index in [1.165, 1.54) is 5.56 Å². The lowest BCUT2D eigenvalue weighted by Crippen LogP contribution is -2.40. The highest BCUT2D eigenvalue weighted by Gasteiger charge is 2.42. The molecule has 0 fully saturated rings. The summed E-state index contributed by atoms with van der Waals surface area (Å²) in [5.74, 6) is 1.30. The molecule has 144 valence electrons. The molecule has 1 aromatic rings. The zero-order valence-corrected chi connectivity index (χ0v) is 16.3. The van der Waals surface area contributed by atoms with E-state index >= 15 is 0 Å². The average molecular weight is 370 g/mol. The molecule has 0 bridgehead atoms. The van der Waals surface area contributed by atoms with Crippen LogP contribution in [-0.4, -0.2) is 37.4 Å². The first kappa shape index (κ1) is 17.9. The minimum absolute atomic E-state index is 0.0355. The molecule has 0 saturated heterocycles. The van der Waals surface area contributed by atoms with Gasteiger partial charge in [0.25, 0.3) is 0 Å². The second-order valence-electron chi connectivity index (χ2n) is 8.38. The maximum atomic E-state index is 12.7. The number of carbonyl (C=O) groups excluding carboxylic acids is 2. The Balaban J connectivity index is 1.83. The maximum Gasteiger partial charge on any atom is 0.226 e. The summed E-state index contributed by atoms with van der Waals surface area (Å²) in [6, 6.07) is 3.90. The van der Waals surface area contributed by atoms with Crippen molar-refractivity contribution in [3.8, 4) is 11.5 Å². The first-order valence-electron chi connectivity index (χ1n) is 9.40. The van der Waals surface area contributed by atoms with E-state index in [0.29, 0.717) is 30.0 Å². The van der Waals surface area contributed by atoms with Crippen molar-refractivity contribution in [2.24, 2.45) is 5.41 Å². The summed E-state index contributed by atoms with van der Waals surface area (Å²) in [5, 5.41) is 2.90. The summed E-state index contributed by atoms with van der Waals surface area (Å²) >= 11 is 0. The Morgan fingerprint density at radius 3 is 2.52 bits per heavy atom. The number of allylic oxidation sites excluding steroid dienone is 2. The van der Waals surface area contributed by atoms with Crippen molar-refractivity contribution < 1.29 is 19.1 Å². The number of nitrogens with one attached hydrogen (secondary N) is 1. The number of fused-ring (bicyclic) bond motifs is 4. The van der Waals surface area contributed by atoms with E-state index < -0.39 is 0 Å². The molecule has 4 rings (SSSR count). The van der Waals surface area contributed by atoms with Crippen molar-refractivity contribution in [1.82, 2.24) is 10.2 Å². The third kappa shape index (κ3) is 2.97. The maximum absolute atomic E-state index is 12.7. The van der Waals surface area contributed by atoms with Crippen LogP contribution in [-0.2, 0) is 16.0 Å². The normalized spacial score (nSPS) is 23.7. The lowest BCUT2D eigenvalue weighted by atomic mass is 9.76. The second kappa shape index (κ2) is 6.29. The lowest BCUT2D eigenvalue weighted by molar-refractivity contribution is -0.124. The number of hydrogen-bond donors (Lipinski definition) is 1. The van der Waals surface area contributed by atoms with Gasteiger partial charge in [-0.15, -0.1) is 0 Å². The third-order valence-corrected chi connectivity index (χ3v) is 5.85. The quantitative estimate of drug-likeness (QED) is 0.867. The van der Waals surface area contributed by atoms with Crippen LogP contribution in [0.15, 0.2) is 23.5 Å². The number of ketones is 1. The molecule has 0 unspecified atom stereocenters. The smallest absolute Gasteiger partial charge is 0.226 e. The van der Waals surface area contributed by atoms with Crippen LogP contribution < -0.4 is 14.8 Å². The number of benzene rings is 1. The molecule has 6 heteroatoms. The second-order valence-corrected chi connectivity index (χ2v) is 8.38. The summed E-state index contributed by atoms with van der Waals surface area (Å²) in [6.07, 6.45) is 2.41. The Morgan fingerprint density at radius 1 is 1.11 bits per heavy atom. The molecule has 2 heterocycles. The standard InChI is InChI=1S/C21H26N2O4/c1-21(2)10-15-20(16(24)11-21)22-19(25)9-14-13-8-18(27-4)17(26-3)7-12(13)5-6-23(14)15/h7-8,14H,5-6,9-11H2,1-4H3,(H,22,25)/t14-/m1/s1. The molecular weight excluding hydrogens is 344 g/mol. The Kier molecular flexibility index (Phi) is 4.17. The van der Waals surface area contributed by atoms with Crippen LogP contribution in [0.2, 0.25) is 0 Å². The van der Waals surface area contributed by atoms with Crippen molar-refractivity contribution in [2.45, 2.75) is 45.6 Å². The van der Waals surface area contributed by atoms with E-state index in [2.05, 4.69) is 24.1 Å². The van der Waals surface area contributed by atoms with Crippen molar-refractivity contribution in [2.75, 3.05) is 20.8 Å². The summed E-state index contributed by atoms with van der Waals surface area (Å²) in [4.78, 5) is 27.6. The highest BCUT2D eigenvalue weighted by atomic mass is 16.5. The number of rotatable bonds is 2. The van der Waals surface area contributed by atoms with Crippen LogP contribution >= 0.6 is 0 Å². The molecule has 27 heavy (non-hydrogen) atoms. The zero-order chi connectivity index (χ0) is 19.3. The largest absolute Gasteiger partial charge is 0.493 e. The Labute approximate surface area is 159 Å². The zero-order valence-electron chi connectivity index (χ0n) is 16.3. The summed E-state index contributed by atoms with van der Waals surface area (Å²) < 4.78 is 10.9. The number of nitrogens with zero attached hydrogens (tertiary/aromatic N) is 1. The van der Waals surface area contributed by atoms with Crippen LogP contribution in [0.1, 0.15) is 50.3 Å². The summed E-state index contributed by atoms with van der Waals surface area (Å²) in [6.45, 7) is 5.01. The molecule has 6 nitrogen and oxygen atoms in total. The molecule has 0 aromatic heterocycles. The van der Waals surface area contributed by atoms with Crippen molar-refractivity contribution in [1.29, 1.82) is 0 Å². The number of methoxy groups -OCH3 is 2. The van der Waals surface area contributed by atoms with Crippen LogP contribution in [0.5, 0.6) is 11.5 Å². The molecule has 0 saturated carbocycles. The van der Waals surface area contributed by atoms with Crippen molar-refractivity contribution in [3.05, 3.63) is 34.7 Å². The predicted octanol–water partition coefficient (Wildman–Crippen LogP) is 2.72. The number of ether oxygens (including phenoxy) is 2. The fourth-order valence-corrected chi connectivity index (χ4v) is 4.61. The van der Waals surface area contributed by atoms with Crippen LogP contribution in [0, 0.1) is 5.41 Å². The predicted molar refractivity (Wildman–Crippen MR) is 101 cm³/mol. The fourth-order valence-electron chi connectivity index (χ4n) is 4.61. The van der Waals surface area contributed by atoms with Gasteiger partial charge in [0.2, 0.25) is 5.91 Å². The molecule has 1 atom stereocenters. The molecule has 0 radical (unpaired) electrons. The molecule has 3 aliphatic rings. The number of carbonyl (C=O) groups is 2. The van der Waals surface area contributed by atoms with E-state index in [9.17, 15) is 9.59 Å². The van der Waals surface area contributed by atoms with Gasteiger partial charge in [-0.1, -0.05) is 13.8 Å². The van der Waals surface area contributed by atoms with E-state index in [1.807, 2.05) is 12.1 Å². The first-order valence-corrected chi connectivity index (χ1v) is 9.40. The van der Waals surface area contributed by atoms with Gasteiger partial charge < -0.3 is 19.7 Å². The summed E-state index contributed by atoms with van der Waals surface area (Å²) in [7, 11) is 3.25. The van der Waals surface area contributed by atoms with Gasteiger partial charge in [-0.05, 0) is 41.5 Å².